The Bertz CT molecular complexity index is 406. The third-order valence-corrected chi connectivity index (χ3v) is 4.69. The van der Waals surface area contributed by atoms with Gasteiger partial charge in [-0.1, -0.05) is 6.07 Å². The quantitative estimate of drug-likeness (QED) is 0.794. The highest BCUT2D eigenvalue weighted by Gasteiger charge is 2.16. The second-order valence-electron chi connectivity index (χ2n) is 3.96. The van der Waals surface area contributed by atoms with Gasteiger partial charge in [-0.05, 0) is 18.2 Å². The molecule has 0 saturated carbocycles. The molecule has 1 aliphatic rings. The molecule has 98 valence electrons. The number of rotatable bonds is 4. The number of carbonyl (C=O) groups is 1. The van der Waals surface area contributed by atoms with Gasteiger partial charge in [0.15, 0.2) is 0 Å². The van der Waals surface area contributed by atoms with E-state index in [0.29, 0.717) is 5.75 Å². The first-order valence-electron chi connectivity index (χ1n) is 5.92. The Morgan fingerprint density at radius 1 is 1.44 bits per heavy atom. The van der Waals surface area contributed by atoms with Gasteiger partial charge in [0.1, 0.15) is 5.75 Å². The number of carbonyl (C=O) groups excluding carboxylic acids is 1. The minimum atomic E-state index is 0.239. The molecule has 2 rings (SSSR count). The molecule has 1 aromatic rings. The largest absolute Gasteiger partial charge is 0.497 e. The van der Waals surface area contributed by atoms with E-state index in [1.54, 1.807) is 18.9 Å². The van der Waals surface area contributed by atoms with E-state index in [1.807, 2.05) is 40.9 Å². The summed E-state index contributed by atoms with van der Waals surface area (Å²) >= 11 is 3.49. The Morgan fingerprint density at radius 3 is 2.94 bits per heavy atom. The average molecular weight is 283 g/mol. The molecule has 0 aromatic heterocycles. The Hall–Kier alpha value is -0.810. The summed E-state index contributed by atoms with van der Waals surface area (Å²) in [6.07, 6.45) is 0. The summed E-state index contributed by atoms with van der Waals surface area (Å²) < 4.78 is 5.17. The van der Waals surface area contributed by atoms with Crippen LogP contribution in [0.4, 0.5) is 0 Å². The van der Waals surface area contributed by atoms with E-state index < -0.39 is 0 Å². The molecule has 3 nitrogen and oxygen atoms in total. The van der Waals surface area contributed by atoms with Crippen molar-refractivity contribution in [1.82, 2.24) is 4.90 Å². The van der Waals surface area contributed by atoms with E-state index >= 15 is 0 Å². The molecule has 0 N–H and O–H groups in total. The van der Waals surface area contributed by atoms with E-state index in [4.69, 9.17) is 4.74 Å². The van der Waals surface area contributed by atoms with Crippen LogP contribution >= 0.6 is 23.5 Å². The lowest BCUT2D eigenvalue weighted by molar-refractivity contribution is -0.127. The van der Waals surface area contributed by atoms with E-state index in [0.717, 1.165) is 35.2 Å². The minimum Gasteiger partial charge on any atom is -0.497 e. The van der Waals surface area contributed by atoms with Gasteiger partial charge in [-0.3, -0.25) is 4.79 Å². The smallest absolute Gasteiger partial charge is 0.232 e. The van der Waals surface area contributed by atoms with Crippen molar-refractivity contribution in [3.05, 3.63) is 24.3 Å². The molecule has 0 atom stereocenters. The summed E-state index contributed by atoms with van der Waals surface area (Å²) in [5.74, 6) is 3.72. The zero-order chi connectivity index (χ0) is 12.8. The normalized spacial score (nSPS) is 15.5. The molecule has 1 aliphatic heterocycles. The molecule has 18 heavy (non-hydrogen) atoms. The van der Waals surface area contributed by atoms with Crippen LogP contribution in [0, 0.1) is 0 Å². The highest BCUT2D eigenvalue weighted by molar-refractivity contribution is 8.00. The lowest BCUT2D eigenvalue weighted by atomic mass is 10.3. The van der Waals surface area contributed by atoms with Crippen LogP contribution < -0.4 is 4.74 Å². The molecule has 0 aliphatic carbocycles. The molecule has 0 spiro atoms. The number of benzene rings is 1. The van der Waals surface area contributed by atoms with E-state index in [1.165, 1.54) is 0 Å². The number of thioether (sulfide) groups is 2. The highest BCUT2D eigenvalue weighted by atomic mass is 32.2. The van der Waals surface area contributed by atoms with Crippen molar-refractivity contribution in [2.75, 3.05) is 37.5 Å². The molecule has 5 heteroatoms. The number of hydrogen-bond donors (Lipinski definition) is 0. The first-order chi connectivity index (χ1) is 8.79. The van der Waals surface area contributed by atoms with E-state index in [-0.39, 0.29) is 5.91 Å². The van der Waals surface area contributed by atoms with Crippen LogP contribution in [0.1, 0.15) is 0 Å². The van der Waals surface area contributed by atoms with E-state index in [9.17, 15) is 4.79 Å². The van der Waals surface area contributed by atoms with Gasteiger partial charge in [-0.2, -0.15) is 11.8 Å². The SMILES string of the molecule is COc1cccc(SCC(=O)N2CCSCC2)c1. The number of ether oxygens (including phenoxy) is 1. The van der Waals surface area contributed by atoms with Crippen LogP contribution in [-0.4, -0.2) is 48.3 Å². The lowest BCUT2D eigenvalue weighted by Gasteiger charge is -2.26. The Morgan fingerprint density at radius 2 is 2.22 bits per heavy atom. The maximum absolute atomic E-state index is 12.0. The Balaban J connectivity index is 1.84. The Labute approximate surface area is 116 Å². The first kappa shape index (κ1) is 13.6. The number of hydrogen-bond acceptors (Lipinski definition) is 4. The maximum Gasteiger partial charge on any atom is 0.232 e. The third-order valence-electron chi connectivity index (χ3n) is 2.77. The summed E-state index contributed by atoms with van der Waals surface area (Å²) in [6.45, 7) is 1.78. The molecule has 1 amide bonds. The van der Waals surface area contributed by atoms with Crippen molar-refractivity contribution < 1.29 is 9.53 Å². The fraction of sp³-hybridized carbons (Fsp3) is 0.462. The molecule has 1 fully saturated rings. The van der Waals surface area contributed by atoms with E-state index in [2.05, 4.69) is 0 Å². The first-order valence-corrected chi connectivity index (χ1v) is 8.06. The number of amides is 1. The molecule has 1 aromatic carbocycles. The van der Waals surface area contributed by atoms with Crippen LogP contribution in [0.15, 0.2) is 29.2 Å². The van der Waals surface area contributed by atoms with Crippen molar-refractivity contribution in [3.8, 4) is 5.75 Å². The standard InChI is InChI=1S/C13H17NO2S2/c1-16-11-3-2-4-12(9-11)18-10-13(15)14-5-7-17-8-6-14/h2-4,9H,5-8,10H2,1H3. The van der Waals surface area contributed by atoms with Crippen molar-refractivity contribution in [2.24, 2.45) is 0 Å². The van der Waals surface area contributed by atoms with Gasteiger partial charge in [0.05, 0.1) is 12.9 Å². The molecule has 0 radical (unpaired) electrons. The van der Waals surface area contributed by atoms with Crippen LogP contribution in [0.25, 0.3) is 0 Å². The molecular weight excluding hydrogens is 266 g/mol. The van der Waals surface area contributed by atoms with Crippen molar-refractivity contribution >= 4 is 29.4 Å². The molecule has 0 bridgehead atoms. The van der Waals surface area contributed by atoms with Gasteiger partial charge in [0.25, 0.3) is 0 Å². The number of methoxy groups -OCH3 is 1. The monoisotopic (exact) mass is 283 g/mol. The van der Waals surface area contributed by atoms with Gasteiger partial charge < -0.3 is 9.64 Å². The van der Waals surface area contributed by atoms with Crippen molar-refractivity contribution in [2.45, 2.75) is 4.90 Å². The number of nitrogens with zero attached hydrogens (tertiary/aromatic N) is 1. The average Bonchev–Trinajstić information content (AvgIpc) is 2.46. The van der Waals surface area contributed by atoms with Gasteiger partial charge in [-0.25, -0.2) is 0 Å². The molecular formula is C13H17NO2S2. The van der Waals surface area contributed by atoms with Crippen LogP contribution in [-0.2, 0) is 4.79 Å². The molecule has 0 unspecified atom stereocenters. The summed E-state index contributed by atoms with van der Waals surface area (Å²) in [5.41, 5.74) is 0. The summed E-state index contributed by atoms with van der Waals surface area (Å²) in [7, 11) is 1.65. The predicted octanol–water partition coefficient (Wildman–Crippen LogP) is 2.36. The fourth-order valence-electron chi connectivity index (χ4n) is 1.74. The topological polar surface area (TPSA) is 29.5 Å². The van der Waals surface area contributed by atoms with Gasteiger partial charge in [0, 0.05) is 29.5 Å². The predicted molar refractivity (Wildman–Crippen MR) is 77.6 cm³/mol. The lowest BCUT2D eigenvalue weighted by Crippen LogP contribution is -2.38. The van der Waals surface area contributed by atoms with Crippen LogP contribution in [0.2, 0.25) is 0 Å². The van der Waals surface area contributed by atoms with Crippen molar-refractivity contribution in [3.63, 3.8) is 0 Å². The molecule has 1 heterocycles. The highest BCUT2D eigenvalue weighted by Crippen LogP contribution is 2.23. The summed E-state index contributed by atoms with van der Waals surface area (Å²) in [5, 5.41) is 0. The zero-order valence-corrected chi connectivity index (χ0v) is 12.1. The zero-order valence-electron chi connectivity index (χ0n) is 10.4. The maximum atomic E-state index is 12.0. The minimum absolute atomic E-state index is 0.239. The second-order valence-corrected chi connectivity index (χ2v) is 6.23. The van der Waals surface area contributed by atoms with Crippen LogP contribution in [0.5, 0.6) is 5.75 Å². The van der Waals surface area contributed by atoms with Gasteiger partial charge in [-0.15, -0.1) is 11.8 Å². The fourth-order valence-corrected chi connectivity index (χ4v) is 3.49. The third kappa shape index (κ3) is 3.85. The van der Waals surface area contributed by atoms with Gasteiger partial charge in [0.2, 0.25) is 5.91 Å². The van der Waals surface area contributed by atoms with Crippen molar-refractivity contribution in [1.29, 1.82) is 0 Å². The van der Waals surface area contributed by atoms with Crippen LogP contribution in [0.3, 0.4) is 0 Å². The Kier molecular flexibility index (Phi) is 5.26. The second kappa shape index (κ2) is 6.95. The summed E-state index contributed by atoms with van der Waals surface area (Å²) in [6, 6.07) is 7.83. The summed E-state index contributed by atoms with van der Waals surface area (Å²) in [4.78, 5) is 15.0. The van der Waals surface area contributed by atoms with Gasteiger partial charge >= 0.3 is 0 Å². The molecule has 1 saturated heterocycles.